The molecule has 120 valence electrons. The first-order valence-electron chi connectivity index (χ1n) is 5.53. The highest BCUT2D eigenvalue weighted by Gasteiger charge is 2.40. The van der Waals surface area contributed by atoms with Crippen LogP contribution in [0.25, 0.3) is 11.6 Å². The lowest BCUT2D eigenvalue weighted by Crippen LogP contribution is -2.14. The Morgan fingerprint density at radius 2 is 1.86 bits per heavy atom. The Labute approximate surface area is 121 Å². The Hall–Kier alpha value is -2.17. The minimum absolute atomic E-state index is 0.314. The Bertz CT molecular complexity index is 814. The largest absolute Gasteiger partial charge is 0.480 e. The first kappa shape index (κ1) is 16.2. The summed E-state index contributed by atoms with van der Waals surface area (Å²) in [7, 11) is -2.79. The highest BCUT2D eigenvalue weighted by atomic mass is 32.2. The van der Waals surface area contributed by atoms with E-state index in [2.05, 4.69) is 14.7 Å². The maximum atomic E-state index is 13.6. The summed E-state index contributed by atoms with van der Waals surface area (Å²) in [6.07, 6.45) is -4.18. The van der Waals surface area contributed by atoms with Crippen molar-refractivity contribution in [1.29, 1.82) is 0 Å². The molecule has 2 aromatic rings. The molecule has 0 spiro atoms. The van der Waals surface area contributed by atoms with Crippen molar-refractivity contribution < 1.29 is 35.1 Å². The standard InChI is InChI=1S/C11H8F4N2O4S/c1-20-10-7(11(13,14)15)8(12)16-9(17-10)5-3-4-6(21-5)22(2,18)19/h3-4H,1-2H3. The molecule has 0 atom stereocenters. The number of hydrogen-bond donors (Lipinski definition) is 0. The number of furan rings is 1. The highest BCUT2D eigenvalue weighted by molar-refractivity contribution is 7.90. The molecule has 0 aromatic carbocycles. The van der Waals surface area contributed by atoms with Crippen molar-refractivity contribution in [2.45, 2.75) is 11.3 Å². The van der Waals surface area contributed by atoms with Crippen LogP contribution in [-0.4, -0.2) is 31.8 Å². The van der Waals surface area contributed by atoms with Crippen molar-refractivity contribution in [3.63, 3.8) is 0 Å². The number of sulfone groups is 1. The minimum atomic E-state index is -5.05. The van der Waals surface area contributed by atoms with E-state index in [1.807, 2.05) is 0 Å². The molecule has 11 heteroatoms. The van der Waals surface area contributed by atoms with Gasteiger partial charge in [0.25, 0.3) is 0 Å². The summed E-state index contributed by atoms with van der Waals surface area (Å²) < 4.78 is 83.5. The normalized spacial score (nSPS) is 12.5. The van der Waals surface area contributed by atoms with E-state index in [-0.39, 0.29) is 5.76 Å². The Balaban J connectivity index is 2.59. The zero-order valence-corrected chi connectivity index (χ0v) is 11.9. The second kappa shape index (κ2) is 5.23. The molecule has 22 heavy (non-hydrogen) atoms. The predicted octanol–water partition coefficient (Wildman–Crippen LogP) is 2.31. The van der Waals surface area contributed by atoms with Crippen LogP contribution in [0.1, 0.15) is 5.56 Å². The maximum absolute atomic E-state index is 13.6. The molecule has 0 saturated heterocycles. The molecule has 0 aliphatic heterocycles. The van der Waals surface area contributed by atoms with Gasteiger partial charge in [-0.25, -0.2) is 8.42 Å². The fraction of sp³-hybridized carbons (Fsp3) is 0.273. The minimum Gasteiger partial charge on any atom is -0.480 e. The van der Waals surface area contributed by atoms with Gasteiger partial charge in [-0.1, -0.05) is 0 Å². The van der Waals surface area contributed by atoms with E-state index in [9.17, 15) is 26.0 Å². The van der Waals surface area contributed by atoms with Crippen LogP contribution in [0.3, 0.4) is 0 Å². The average molecular weight is 340 g/mol. The number of alkyl halides is 3. The van der Waals surface area contributed by atoms with Gasteiger partial charge in [0.2, 0.25) is 32.6 Å². The summed E-state index contributed by atoms with van der Waals surface area (Å²) in [4.78, 5) is 6.45. The smallest absolute Gasteiger partial charge is 0.426 e. The monoisotopic (exact) mass is 340 g/mol. The van der Waals surface area contributed by atoms with Gasteiger partial charge in [0.15, 0.2) is 11.3 Å². The summed E-state index contributed by atoms with van der Waals surface area (Å²) in [5, 5.41) is -0.453. The second-order valence-corrected chi connectivity index (χ2v) is 6.06. The highest BCUT2D eigenvalue weighted by Crippen LogP contribution is 2.37. The number of halogens is 4. The molecule has 0 fully saturated rings. The van der Waals surface area contributed by atoms with E-state index in [0.29, 0.717) is 0 Å². The number of aromatic nitrogens is 2. The van der Waals surface area contributed by atoms with Crippen LogP contribution in [0.2, 0.25) is 0 Å². The van der Waals surface area contributed by atoms with Crippen LogP contribution in [0.15, 0.2) is 21.6 Å². The van der Waals surface area contributed by atoms with Gasteiger partial charge in [0, 0.05) is 6.26 Å². The summed E-state index contributed by atoms with van der Waals surface area (Å²) in [5.41, 5.74) is -1.76. The summed E-state index contributed by atoms with van der Waals surface area (Å²) >= 11 is 0. The third-order valence-electron chi connectivity index (χ3n) is 2.48. The number of rotatable bonds is 3. The second-order valence-electron chi connectivity index (χ2n) is 4.11. The summed E-state index contributed by atoms with van der Waals surface area (Å²) in [5.74, 6) is -3.78. The third kappa shape index (κ3) is 3.03. The predicted molar refractivity (Wildman–Crippen MR) is 64.4 cm³/mol. The van der Waals surface area contributed by atoms with Gasteiger partial charge in [-0.05, 0) is 12.1 Å². The van der Waals surface area contributed by atoms with Crippen LogP contribution in [0, 0.1) is 5.95 Å². The van der Waals surface area contributed by atoms with Gasteiger partial charge >= 0.3 is 6.18 Å². The quantitative estimate of drug-likeness (QED) is 0.630. The van der Waals surface area contributed by atoms with Gasteiger partial charge in [-0.2, -0.15) is 27.5 Å². The van der Waals surface area contributed by atoms with Crippen LogP contribution >= 0.6 is 0 Å². The maximum Gasteiger partial charge on any atom is 0.426 e. The zero-order valence-electron chi connectivity index (χ0n) is 11.1. The Morgan fingerprint density at radius 1 is 1.23 bits per heavy atom. The van der Waals surface area contributed by atoms with Gasteiger partial charge in [-0.3, -0.25) is 0 Å². The molecular weight excluding hydrogens is 332 g/mol. The van der Waals surface area contributed by atoms with Gasteiger partial charge in [0.05, 0.1) is 7.11 Å². The first-order valence-corrected chi connectivity index (χ1v) is 7.42. The summed E-state index contributed by atoms with van der Waals surface area (Å²) in [6, 6.07) is 2.15. The average Bonchev–Trinajstić information content (AvgIpc) is 2.85. The van der Waals surface area contributed by atoms with E-state index in [0.717, 1.165) is 25.5 Å². The fourth-order valence-corrected chi connectivity index (χ4v) is 2.11. The Kier molecular flexibility index (Phi) is 3.85. The zero-order chi connectivity index (χ0) is 16.7. The molecule has 0 unspecified atom stereocenters. The third-order valence-corrected chi connectivity index (χ3v) is 3.43. The van der Waals surface area contributed by atoms with E-state index < -0.39 is 44.3 Å². The van der Waals surface area contributed by atoms with Crippen molar-refractivity contribution >= 4 is 9.84 Å². The molecule has 2 rings (SSSR count). The number of methoxy groups -OCH3 is 1. The lowest BCUT2D eigenvalue weighted by Gasteiger charge is -2.11. The van der Waals surface area contributed by atoms with Crippen LogP contribution in [0.5, 0.6) is 5.88 Å². The molecular formula is C11H8F4N2O4S. The van der Waals surface area contributed by atoms with Crippen LogP contribution in [-0.2, 0) is 16.0 Å². The van der Waals surface area contributed by atoms with Crippen molar-refractivity contribution in [3.8, 4) is 17.5 Å². The number of hydrogen-bond acceptors (Lipinski definition) is 6. The number of ether oxygens (including phenoxy) is 1. The van der Waals surface area contributed by atoms with Crippen molar-refractivity contribution in [1.82, 2.24) is 9.97 Å². The lowest BCUT2D eigenvalue weighted by atomic mass is 10.3. The van der Waals surface area contributed by atoms with Crippen molar-refractivity contribution in [3.05, 3.63) is 23.6 Å². The molecule has 0 N–H and O–H groups in total. The molecule has 0 saturated carbocycles. The van der Waals surface area contributed by atoms with Gasteiger partial charge in [-0.15, -0.1) is 0 Å². The van der Waals surface area contributed by atoms with Crippen molar-refractivity contribution in [2.24, 2.45) is 0 Å². The van der Waals surface area contributed by atoms with Gasteiger partial charge < -0.3 is 9.15 Å². The molecule has 2 aromatic heterocycles. The molecule has 0 radical (unpaired) electrons. The SMILES string of the molecule is COc1nc(-c2ccc(S(C)(=O)=O)o2)nc(F)c1C(F)(F)F. The van der Waals surface area contributed by atoms with Crippen LogP contribution in [0.4, 0.5) is 17.6 Å². The fourth-order valence-electron chi connectivity index (χ4n) is 1.55. The van der Waals surface area contributed by atoms with E-state index in [1.54, 1.807) is 0 Å². The molecule has 0 aliphatic rings. The molecule has 0 bridgehead atoms. The number of nitrogens with zero attached hydrogens (tertiary/aromatic N) is 2. The molecule has 6 nitrogen and oxygen atoms in total. The van der Waals surface area contributed by atoms with E-state index in [1.165, 1.54) is 0 Å². The van der Waals surface area contributed by atoms with Crippen molar-refractivity contribution in [2.75, 3.05) is 13.4 Å². The molecule has 0 amide bonds. The first-order chi connectivity index (χ1) is 10.0. The van der Waals surface area contributed by atoms with Crippen LogP contribution < -0.4 is 4.74 Å². The summed E-state index contributed by atoms with van der Waals surface area (Å²) in [6.45, 7) is 0. The molecule has 0 aliphatic carbocycles. The Morgan fingerprint density at radius 3 is 2.32 bits per heavy atom. The van der Waals surface area contributed by atoms with E-state index in [4.69, 9.17) is 4.42 Å². The lowest BCUT2D eigenvalue weighted by molar-refractivity contribution is -0.142. The topological polar surface area (TPSA) is 82.3 Å². The van der Waals surface area contributed by atoms with Gasteiger partial charge in [0.1, 0.15) is 0 Å². The van der Waals surface area contributed by atoms with E-state index >= 15 is 0 Å². The molecule has 2 heterocycles.